The van der Waals surface area contributed by atoms with Crippen LogP contribution in [-0.2, 0) is 18.4 Å². The van der Waals surface area contributed by atoms with Gasteiger partial charge in [0, 0.05) is 44.5 Å². The summed E-state index contributed by atoms with van der Waals surface area (Å²) in [4.78, 5) is 28.8. The minimum Gasteiger partial charge on any atom is -0.347 e. The van der Waals surface area contributed by atoms with Crippen LogP contribution in [0.15, 0.2) is 40.4 Å². The van der Waals surface area contributed by atoms with Crippen molar-refractivity contribution in [3.05, 3.63) is 53.4 Å². The largest absolute Gasteiger partial charge is 0.347 e. The number of aromatic nitrogens is 4. The van der Waals surface area contributed by atoms with E-state index < -0.39 is 11.7 Å². The number of aryl methyl sites for hydroxylation is 1. The van der Waals surface area contributed by atoms with Crippen molar-refractivity contribution < 1.29 is 9.18 Å². The first kappa shape index (κ1) is 22.4. The molecular formula is C23H27FN8O. The van der Waals surface area contributed by atoms with Crippen LogP contribution in [0, 0.1) is 5.82 Å². The molecule has 9 nitrogen and oxygen atoms in total. The highest BCUT2D eigenvalue weighted by Crippen LogP contribution is 2.34. The second-order valence-electron chi connectivity index (χ2n) is 8.06. The van der Waals surface area contributed by atoms with Gasteiger partial charge < -0.3 is 15.6 Å². The summed E-state index contributed by atoms with van der Waals surface area (Å²) in [6.07, 6.45) is 6.23. The quantitative estimate of drug-likeness (QED) is 0.454. The molecule has 4 rings (SSSR count). The van der Waals surface area contributed by atoms with Crippen molar-refractivity contribution in [3.8, 4) is 0 Å². The van der Waals surface area contributed by atoms with Gasteiger partial charge in [-0.05, 0) is 43.3 Å². The van der Waals surface area contributed by atoms with Crippen molar-refractivity contribution in [3.63, 3.8) is 0 Å². The Bertz CT molecular complexity index is 1190. The molecule has 2 aromatic heterocycles. The monoisotopic (exact) mass is 450 g/mol. The molecule has 0 saturated heterocycles. The van der Waals surface area contributed by atoms with Crippen molar-refractivity contribution >= 4 is 35.7 Å². The molecular weight excluding hydrogens is 423 g/mol. The van der Waals surface area contributed by atoms with E-state index in [4.69, 9.17) is 0 Å². The van der Waals surface area contributed by atoms with Gasteiger partial charge in [0.25, 0.3) is 5.91 Å². The fourth-order valence-electron chi connectivity index (χ4n) is 4.10. The van der Waals surface area contributed by atoms with E-state index in [1.165, 1.54) is 19.2 Å². The Morgan fingerprint density at radius 2 is 2.12 bits per heavy atom. The molecule has 0 atom stereocenters. The van der Waals surface area contributed by atoms with Crippen LogP contribution in [0.2, 0.25) is 0 Å². The van der Waals surface area contributed by atoms with Crippen molar-refractivity contribution in [1.29, 1.82) is 0 Å². The average molecular weight is 451 g/mol. The fraction of sp³-hybridized carbons (Fsp3) is 0.348. The van der Waals surface area contributed by atoms with Gasteiger partial charge >= 0.3 is 0 Å². The summed E-state index contributed by atoms with van der Waals surface area (Å²) < 4.78 is 15.8. The fourth-order valence-corrected chi connectivity index (χ4v) is 4.10. The SMILES string of the molecule is C=Nc1nc(C2CCCC2)[nH]c1/C(=N\C)C(=O)NCc1cc(F)cc(Nc2ccn(C)n2)c1. The van der Waals surface area contributed by atoms with Crippen LogP contribution in [0.4, 0.5) is 21.7 Å². The summed E-state index contributed by atoms with van der Waals surface area (Å²) in [6.45, 7) is 3.70. The highest BCUT2D eigenvalue weighted by molar-refractivity contribution is 6.45. The van der Waals surface area contributed by atoms with Gasteiger partial charge in [-0.1, -0.05) is 12.8 Å². The van der Waals surface area contributed by atoms with Crippen molar-refractivity contribution in [2.24, 2.45) is 17.0 Å². The predicted octanol–water partition coefficient (Wildman–Crippen LogP) is 3.75. The third-order valence-corrected chi connectivity index (χ3v) is 5.67. The van der Waals surface area contributed by atoms with E-state index >= 15 is 0 Å². The van der Waals surface area contributed by atoms with E-state index in [1.54, 1.807) is 30.1 Å². The number of amides is 1. The van der Waals surface area contributed by atoms with Crippen LogP contribution in [-0.4, -0.2) is 45.1 Å². The van der Waals surface area contributed by atoms with Crippen LogP contribution in [0.3, 0.4) is 0 Å². The molecule has 0 unspecified atom stereocenters. The topological polar surface area (TPSA) is 112 Å². The van der Waals surface area contributed by atoms with Crippen molar-refractivity contribution in [1.82, 2.24) is 25.1 Å². The zero-order chi connectivity index (χ0) is 23.4. The molecule has 1 fully saturated rings. The maximum atomic E-state index is 14.2. The van der Waals surface area contributed by atoms with E-state index in [0.717, 1.165) is 31.5 Å². The number of nitrogens with one attached hydrogen (secondary N) is 3. The number of aliphatic imine (C=N–C) groups is 2. The van der Waals surface area contributed by atoms with Crippen LogP contribution in [0.5, 0.6) is 0 Å². The molecule has 1 aliphatic rings. The summed E-state index contributed by atoms with van der Waals surface area (Å²) in [7, 11) is 3.34. The molecule has 3 N–H and O–H groups in total. The number of halogens is 1. The lowest BCUT2D eigenvalue weighted by Crippen LogP contribution is -2.31. The molecule has 10 heteroatoms. The van der Waals surface area contributed by atoms with Gasteiger partial charge in [0.2, 0.25) is 0 Å². The lowest BCUT2D eigenvalue weighted by Gasteiger charge is -2.10. The molecule has 0 aliphatic heterocycles. The summed E-state index contributed by atoms with van der Waals surface area (Å²) in [5.74, 6) is 1.28. The maximum absolute atomic E-state index is 14.2. The van der Waals surface area contributed by atoms with Gasteiger partial charge in [-0.2, -0.15) is 5.10 Å². The van der Waals surface area contributed by atoms with Crippen LogP contribution < -0.4 is 10.6 Å². The number of aromatic amines is 1. The van der Waals surface area contributed by atoms with E-state index in [9.17, 15) is 9.18 Å². The first-order chi connectivity index (χ1) is 16.0. The smallest absolute Gasteiger partial charge is 0.272 e. The Morgan fingerprint density at radius 1 is 1.33 bits per heavy atom. The number of carbonyl (C=O) groups is 1. The van der Waals surface area contributed by atoms with Gasteiger partial charge in [-0.3, -0.25) is 14.5 Å². The molecule has 0 spiro atoms. The highest BCUT2D eigenvalue weighted by Gasteiger charge is 2.25. The van der Waals surface area contributed by atoms with Gasteiger partial charge in [0.1, 0.15) is 23.0 Å². The Kier molecular flexibility index (Phi) is 6.62. The zero-order valence-electron chi connectivity index (χ0n) is 18.7. The number of anilines is 2. The van der Waals surface area contributed by atoms with E-state index in [2.05, 4.69) is 42.4 Å². The number of imidazole rings is 1. The number of H-pyrrole nitrogens is 1. The number of hydrogen-bond acceptors (Lipinski definition) is 6. The van der Waals surface area contributed by atoms with Crippen LogP contribution in [0.1, 0.15) is 48.7 Å². The zero-order valence-corrected chi connectivity index (χ0v) is 18.7. The normalized spacial score (nSPS) is 14.5. The van der Waals surface area contributed by atoms with Gasteiger partial charge in [0.15, 0.2) is 11.6 Å². The first-order valence-electron chi connectivity index (χ1n) is 10.8. The molecule has 2 heterocycles. The highest BCUT2D eigenvalue weighted by atomic mass is 19.1. The molecule has 1 amide bonds. The standard InChI is InChI=1S/C23H27FN8O/c1-25-20(19-22(26-2)30-21(29-19)15-6-4-5-7-15)23(33)27-13-14-10-16(24)12-17(11-14)28-18-8-9-32(3)31-18/h8-12,15H,2,4-7,13H2,1,3H3,(H,27,33)(H,28,31)(H,29,30)/b25-20+. The second kappa shape index (κ2) is 9.76. The predicted molar refractivity (Wildman–Crippen MR) is 126 cm³/mol. The van der Waals surface area contributed by atoms with Crippen molar-refractivity contribution in [2.45, 2.75) is 38.1 Å². The summed E-state index contributed by atoms with van der Waals surface area (Å²) in [5, 5.41) is 10.1. The third kappa shape index (κ3) is 5.16. The van der Waals surface area contributed by atoms with E-state index in [0.29, 0.717) is 34.5 Å². The van der Waals surface area contributed by atoms with Crippen LogP contribution in [0.25, 0.3) is 0 Å². The molecule has 33 heavy (non-hydrogen) atoms. The third-order valence-electron chi connectivity index (χ3n) is 5.67. The lowest BCUT2D eigenvalue weighted by atomic mass is 10.1. The molecule has 1 aromatic carbocycles. The van der Waals surface area contributed by atoms with Gasteiger partial charge in [-0.25, -0.2) is 14.4 Å². The Hall–Kier alpha value is -3.82. The number of rotatable bonds is 8. The molecule has 3 aromatic rings. The summed E-state index contributed by atoms with van der Waals surface area (Å²) in [6, 6.07) is 6.28. The number of hydrogen-bond donors (Lipinski definition) is 3. The molecule has 1 aliphatic carbocycles. The molecule has 172 valence electrons. The minimum absolute atomic E-state index is 0.118. The minimum atomic E-state index is -0.419. The Labute approximate surface area is 191 Å². The second-order valence-corrected chi connectivity index (χ2v) is 8.06. The summed E-state index contributed by atoms with van der Waals surface area (Å²) >= 11 is 0. The Morgan fingerprint density at radius 3 is 2.79 bits per heavy atom. The number of benzene rings is 1. The maximum Gasteiger partial charge on any atom is 0.272 e. The van der Waals surface area contributed by atoms with Gasteiger partial charge in [0.05, 0.1) is 0 Å². The first-order valence-corrected chi connectivity index (χ1v) is 10.8. The summed E-state index contributed by atoms with van der Waals surface area (Å²) in [5.41, 5.74) is 1.76. The Balaban J connectivity index is 1.47. The van der Waals surface area contributed by atoms with Crippen molar-refractivity contribution in [2.75, 3.05) is 12.4 Å². The van der Waals surface area contributed by atoms with Crippen LogP contribution >= 0.6 is 0 Å². The molecule has 1 saturated carbocycles. The molecule has 0 radical (unpaired) electrons. The number of nitrogens with zero attached hydrogens (tertiary/aromatic N) is 5. The molecule has 0 bridgehead atoms. The van der Waals surface area contributed by atoms with E-state index in [1.807, 2.05) is 0 Å². The lowest BCUT2D eigenvalue weighted by molar-refractivity contribution is -0.114. The van der Waals surface area contributed by atoms with E-state index in [-0.39, 0.29) is 12.3 Å². The average Bonchev–Trinajstić information content (AvgIpc) is 3.53. The van der Waals surface area contributed by atoms with Gasteiger partial charge in [-0.15, -0.1) is 0 Å². The number of carbonyl (C=O) groups excluding carboxylic acids is 1.